The highest BCUT2D eigenvalue weighted by Gasteiger charge is 2.17. The maximum absolute atomic E-state index is 11.7. The monoisotopic (exact) mass is 195 g/mol. The zero-order chi connectivity index (χ0) is 9.42. The largest absolute Gasteiger partial charge is 0.383 e. The van der Waals surface area contributed by atoms with Gasteiger partial charge in [-0.1, -0.05) is 6.07 Å². The Hall–Kier alpha value is -0.830. The van der Waals surface area contributed by atoms with Crippen LogP contribution in [-0.2, 0) is 10.8 Å². The first-order valence-corrected chi connectivity index (χ1v) is 5.74. The second-order valence-electron chi connectivity index (χ2n) is 3.43. The molecule has 1 aromatic carbocycles. The first-order chi connectivity index (χ1) is 6.18. The Morgan fingerprint density at radius 1 is 1.38 bits per heavy atom. The van der Waals surface area contributed by atoms with Gasteiger partial charge >= 0.3 is 0 Å². The summed E-state index contributed by atoms with van der Waals surface area (Å²) < 4.78 is 11.7. The second kappa shape index (κ2) is 3.14. The maximum Gasteiger partial charge on any atom is 0.0649 e. The van der Waals surface area contributed by atoms with Gasteiger partial charge in [-0.2, -0.15) is 0 Å². The molecule has 0 amide bonds. The van der Waals surface area contributed by atoms with E-state index in [0.29, 0.717) is 0 Å². The van der Waals surface area contributed by atoms with Gasteiger partial charge in [0.15, 0.2) is 0 Å². The molecule has 0 radical (unpaired) electrons. The third-order valence-corrected chi connectivity index (χ3v) is 3.82. The van der Waals surface area contributed by atoms with Gasteiger partial charge in [-0.3, -0.25) is 4.21 Å². The molecule has 0 saturated heterocycles. The maximum atomic E-state index is 11.7. The second-order valence-corrected chi connectivity index (χ2v) is 4.94. The van der Waals surface area contributed by atoms with Crippen molar-refractivity contribution < 1.29 is 4.21 Å². The van der Waals surface area contributed by atoms with Crippen LogP contribution in [0.25, 0.3) is 0 Å². The van der Waals surface area contributed by atoms with Gasteiger partial charge in [0.05, 0.1) is 21.4 Å². The summed E-state index contributed by atoms with van der Waals surface area (Å²) in [4.78, 5) is 0.997. The molecule has 0 bridgehead atoms. The smallest absolute Gasteiger partial charge is 0.0649 e. The van der Waals surface area contributed by atoms with Crippen LogP contribution in [0.1, 0.15) is 11.1 Å². The lowest BCUT2D eigenvalue weighted by Crippen LogP contribution is -2.19. The Balaban J connectivity index is 2.63. The molecule has 0 aromatic heterocycles. The van der Waals surface area contributed by atoms with E-state index in [1.54, 1.807) is 0 Å². The lowest BCUT2D eigenvalue weighted by molar-refractivity contribution is 0.681. The van der Waals surface area contributed by atoms with Gasteiger partial charge in [0, 0.05) is 12.3 Å². The van der Waals surface area contributed by atoms with E-state index in [9.17, 15) is 4.21 Å². The van der Waals surface area contributed by atoms with Crippen molar-refractivity contribution in [2.45, 2.75) is 18.7 Å². The molecule has 1 unspecified atom stereocenters. The Morgan fingerprint density at radius 3 is 2.92 bits per heavy atom. The average molecular weight is 195 g/mol. The van der Waals surface area contributed by atoms with Gasteiger partial charge in [0.2, 0.25) is 0 Å². The Bertz CT molecular complexity index is 373. The summed E-state index contributed by atoms with van der Waals surface area (Å²) in [5.41, 5.74) is 3.42. The van der Waals surface area contributed by atoms with E-state index in [-0.39, 0.29) is 0 Å². The van der Waals surface area contributed by atoms with Crippen LogP contribution in [0.4, 0.5) is 5.69 Å². The first-order valence-electron chi connectivity index (χ1n) is 4.42. The quantitative estimate of drug-likeness (QED) is 0.684. The predicted molar refractivity (Wildman–Crippen MR) is 55.7 cm³/mol. The van der Waals surface area contributed by atoms with E-state index in [2.05, 4.69) is 24.4 Å². The summed E-state index contributed by atoms with van der Waals surface area (Å²) in [6.07, 6.45) is 0. The van der Waals surface area contributed by atoms with Gasteiger partial charge < -0.3 is 5.32 Å². The van der Waals surface area contributed by atoms with E-state index < -0.39 is 10.8 Å². The lowest BCUT2D eigenvalue weighted by atomic mass is 10.1. The van der Waals surface area contributed by atoms with Crippen molar-refractivity contribution in [1.29, 1.82) is 0 Å². The molecule has 1 atom stereocenters. The van der Waals surface area contributed by atoms with Crippen LogP contribution in [0.2, 0.25) is 0 Å². The Labute approximate surface area is 80.8 Å². The van der Waals surface area contributed by atoms with Crippen LogP contribution in [0.5, 0.6) is 0 Å². The average Bonchev–Trinajstić information content (AvgIpc) is 2.02. The molecule has 70 valence electrons. The first kappa shape index (κ1) is 8.75. The fraction of sp³-hybridized carbons (Fsp3) is 0.400. The van der Waals surface area contributed by atoms with Crippen molar-refractivity contribution in [3.05, 3.63) is 23.3 Å². The molecule has 3 heteroatoms. The molecule has 1 aromatic rings. The normalized spacial score (nSPS) is 20.6. The van der Waals surface area contributed by atoms with Crippen molar-refractivity contribution in [2.24, 2.45) is 0 Å². The van der Waals surface area contributed by atoms with Crippen LogP contribution < -0.4 is 5.32 Å². The number of aryl methyl sites for hydroxylation is 2. The number of nitrogens with one attached hydrogen (secondary N) is 1. The van der Waals surface area contributed by atoms with Crippen LogP contribution in [0.15, 0.2) is 17.0 Å². The molecule has 1 aliphatic rings. The minimum atomic E-state index is -0.797. The number of fused-ring (bicyclic) bond motifs is 1. The highest BCUT2D eigenvalue weighted by molar-refractivity contribution is 7.85. The van der Waals surface area contributed by atoms with Crippen LogP contribution in [-0.4, -0.2) is 16.5 Å². The number of anilines is 1. The van der Waals surface area contributed by atoms with Crippen molar-refractivity contribution in [2.75, 3.05) is 17.6 Å². The topological polar surface area (TPSA) is 29.1 Å². The third-order valence-electron chi connectivity index (χ3n) is 2.25. The molecule has 0 spiro atoms. The van der Waals surface area contributed by atoms with Crippen molar-refractivity contribution in [1.82, 2.24) is 0 Å². The minimum Gasteiger partial charge on any atom is -0.383 e. The van der Waals surface area contributed by atoms with E-state index >= 15 is 0 Å². The van der Waals surface area contributed by atoms with E-state index in [1.807, 2.05) is 6.92 Å². The van der Waals surface area contributed by atoms with Gasteiger partial charge in [-0.25, -0.2) is 0 Å². The molecule has 2 nitrogen and oxygen atoms in total. The zero-order valence-electron chi connectivity index (χ0n) is 7.89. The molecule has 13 heavy (non-hydrogen) atoms. The molecule has 0 aliphatic carbocycles. The number of hydrogen-bond donors (Lipinski definition) is 1. The van der Waals surface area contributed by atoms with Crippen LogP contribution >= 0.6 is 0 Å². The SMILES string of the molecule is Cc1cc(C)c2c(c1)NCCS2=O. The highest BCUT2D eigenvalue weighted by Crippen LogP contribution is 2.28. The summed E-state index contributed by atoms with van der Waals surface area (Å²) in [5, 5.41) is 3.28. The van der Waals surface area contributed by atoms with Crippen molar-refractivity contribution in [3.8, 4) is 0 Å². The molecular formula is C10H13NOS. The third kappa shape index (κ3) is 1.48. The summed E-state index contributed by atoms with van der Waals surface area (Å²) in [5.74, 6) is 0.733. The Morgan fingerprint density at radius 2 is 2.15 bits per heavy atom. The predicted octanol–water partition coefficient (Wildman–Crippen LogP) is 1.84. The van der Waals surface area contributed by atoms with Crippen LogP contribution in [0, 0.1) is 13.8 Å². The molecular weight excluding hydrogens is 182 g/mol. The fourth-order valence-corrected chi connectivity index (χ4v) is 3.05. The van der Waals surface area contributed by atoms with Gasteiger partial charge in [-0.15, -0.1) is 0 Å². The van der Waals surface area contributed by atoms with E-state index in [4.69, 9.17) is 0 Å². The summed E-state index contributed by atoms with van der Waals surface area (Å²) in [6.45, 7) is 4.91. The number of rotatable bonds is 0. The molecule has 1 N–H and O–H groups in total. The molecule has 1 aliphatic heterocycles. The zero-order valence-corrected chi connectivity index (χ0v) is 8.70. The summed E-state index contributed by atoms with van der Waals surface area (Å²) in [7, 11) is -0.797. The van der Waals surface area contributed by atoms with E-state index in [1.165, 1.54) is 5.56 Å². The van der Waals surface area contributed by atoms with Gasteiger partial charge in [0.1, 0.15) is 0 Å². The summed E-state index contributed by atoms with van der Waals surface area (Å²) in [6, 6.07) is 4.16. The van der Waals surface area contributed by atoms with Crippen LogP contribution in [0.3, 0.4) is 0 Å². The van der Waals surface area contributed by atoms with E-state index in [0.717, 1.165) is 28.4 Å². The van der Waals surface area contributed by atoms with Gasteiger partial charge in [-0.05, 0) is 31.0 Å². The highest BCUT2D eigenvalue weighted by atomic mass is 32.2. The van der Waals surface area contributed by atoms with Gasteiger partial charge in [0.25, 0.3) is 0 Å². The van der Waals surface area contributed by atoms with Crippen molar-refractivity contribution in [3.63, 3.8) is 0 Å². The Kier molecular flexibility index (Phi) is 2.12. The number of benzene rings is 1. The molecule has 0 fully saturated rings. The minimum absolute atomic E-state index is 0.733. The molecule has 0 saturated carbocycles. The standard InChI is InChI=1S/C10H13NOS/c1-7-5-8(2)10-9(6-7)11-3-4-13(10)12/h5-6,11H,3-4H2,1-2H3. The molecule has 1 heterocycles. The summed E-state index contributed by atoms with van der Waals surface area (Å²) >= 11 is 0. The fourth-order valence-electron chi connectivity index (χ4n) is 1.77. The molecule has 2 rings (SSSR count). The lowest BCUT2D eigenvalue weighted by Gasteiger charge is -2.19. The van der Waals surface area contributed by atoms with Crippen molar-refractivity contribution >= 4 is 16.5 Å². The number of hydrogen-bond acceptors (Lipinski definition) is 2.